The minimum absolute atomic E-state index is 0.0601. The molecule has 2 aromatic rings. The highest BCUT2D eigenvalue weighted by molar-refractivity contribution is 5.94. The Morgan fingerprint density at radius 2 is 1.70 bits per heavy atom. The molecule has 2 amide bonds. The summed E-state index contributed by atoms with van der Waals surface area (Å²) in [6.07, 6.45) is 5.76. The quantitative estimate of drug-likeness (QED) is 0.826. The largest absolute Gasteiger partial charge is 0.353 e. The summed E-state index contributed by atoms with van der Waals surface area (Å²) in [7, 11) is 0. The van der Waals surface area contributed by atoms with Crippen LogP contribution in [0.3, 0.4) is 0 Å². The molecule has 1 unspecified atom stereocenters. The fourth-order valence-electron chi connectivity index (χ4n) is 4.63. The van der Waals surface area contributed by atoms with Gasteiger partial charge in [-0.1, -0.05) is 31.0 Å². The van der Waals surface area contributed by atoms with Gasteiger partial charge in [-0.05, 0) is 45.2 Å². The van der Waals surface area contributed by atoms with Crippen LogP contribution < -0.4 is 5.32 Å². The fraction of sp³-hybridized carbons (Fsp3) is 0.500. The van der Waals surface area contributed by atoms with Crippen molar-refractivity contribution in [3.63, 3.8) is 0 Å². The van der Waals surface area contributed by atoms with E-state index in [4.69, 9.17) is 9.97 Å². The molecule has 1 aliphatic carbocycles. The lowest BCUT2D eigenvalue weighted by atomic mass is 10.0. The van der Waals surface area contributed by atoms with Crippen molar-refractivity contribution < 1.29 is 9.59 Å². The van der Waals surface area contributed by atoms with E-state index < -0.39 is 0 Å². The molecule has 30 heavy (non-hydrogen) atoms. The maximum absolute atomic E-state index is 12.7. The van der Waals surface area contributed by atoms with E-state index in [1.54, 1.807) is 0 Å². The van der Waals surface area contributed by atoms with Crippen molar-refractivity contribution in [3.8, 4) is 0 Å². The third-order valence-corrected chi connectivity index (χ3v) is 6.36. The van der Waals surface area contributed by atoms with Crippen LogP contribution in [0.25, 0.3) is 0 Å². The Hall–Kier alpha value is -2.76. The molecule has 2 aliphatic rings. The molecule has 0 spiro atoms. The van der Waals surface area contributed by atoms with E-state index in [-0.39, 0.29) is 17.7 Å². The van der Waals surface area contributed by atoms with Crippen LogP contribution in [0.2, 0.25) is 0 Å². The molecule has 1 aromatic carbocycles. The number of hydrogen-bond acceptors (Lipinski definition) is 4. The van der Waals surface area contributed by atoms with E-state index in [9.17, 15) is 9.59 Å². The molecule has 6 nitrogen and oxygen atoms in total. The van der Waals surface area contributed by atoms with Crippen molar-refractivity contribution in [3.05, 3.63) is 58.7 Å². The van der Waals surface area contributed by atoms with Crippen LogP contribution in [-0.4, -0.2) is 45.8 Å². The van der Waals surface area contributed by atoms with Gasteiger partial charge >= 0.3 is 0 Å². The third-order valence-electron chi connectivity index (χ3n) is 6.36. The number of nitrogens with zero attached hydrogens (tertiary/aromatic N) is 3. The predicted molar refractivity (Wildman–Crippen MR) is 115 cm³/mol. The molecule has 1 N–H and O–H groups in total. The third kappa shape index (κ3) is 4.53. The number of rotatable bonds is 5. The van der Waals surface area contributed by atoms with Gasteiger partial charge < -0.3 is 10.2 Å². The summed E-state index contributed by atoms with van der Waals surface area (Å²) >= 11 is 0. The monoisotopic (exact) mass is 406 g/mol. The normalized spacial score (nSPS) is 19.3. The van der Waals surface area contributed by atoms with E-state index in [1.165, 1.54) is 12.8 Å². The van der Waals surface area contributed by atoms with Crippen LogP contribution in [-0.2, 0) is 11.2 Å². The lowest BCUT2D eigenvalue weighted by molar-refractivity contribution is -0.121. The smallest absolute Gasteiger partial charge is 0.253 e. The summed E-state index contributed by atoms with van der Waals surface area (Å²) in [6, 6.07) is 9.72. The molecule has 1 saturated carbocycles. The minimum Gasteiger partial charge on any atom is -0.353 e. The van der Waals surface area contributed by atoms with Gasteiger partial charge in [-0.15, -0.1) is 0 Å². The number of aryl methyl sites for hydroxylation is 2. The van der Waals surface area contributed by atoms with Crippen molar-refractivity contribution >= 4 is 11.8 Å². The first-order valence-corrected chi connectivity index (χ1v) is 11.0. The highest BCUT2D eigenvalue weighted by Crippen LogP contribution is 2.27. The van der Waals surface area contributed by atoms with Gasteiger partial charge in [0.1, 0.15) is 5.82 Å². The van der Waals surface area contributed by atoms with Crippen LogP contribution in [0.4, 0.5) is 0 Å². The van der Waals surface area contributed by atoms with E-state index >= 15 is 0 Å². The van der Waals surface area contributed by atoms with Crippen molar-refractivity contribution in [1.82, 2.24) is 20.2 Å². The van der Waals surface area contributed by atoms with Gasteiger partial charge in [-0.25, -0.2) is 9.97 Å². The van der Waals surface area contributed by atoms with Crippen molar-refractivity contribution in [1.29, 1.82) is 0 Å². The highest BCUT2D eigenvalue weighted by Gasteiger charge is 2.30. The van der Waals surface area contributed by atoms with Gasteiger partial charge in [0.05, 0.1) is 6.42 Å². The maximum atomic E-state index is 12.7. The Kier molecular flexibility index (Phi) is 6.11. The molecule has 1 saturated heterocycles. The van der Waals surface area contributed by atoms with E-state index in [1.807, 2.05) is 49.1 Å². The second kappa shape index (κ2) is 8.94. The topological polar surface area (TPSA) is 75.2 Å². The number of amides is 2. The van der Waals surface area contributed by atoms with E-state index in [0.29, 0.717) is 25.6 Å². The number of carbonyl (C=O) groups is 2. The van der Waals surface area contributed by atoms with Crippen LogP contribution in [0.15, 0.2) is 30.3 Å². The second-order valence-electron chi connectivity index (χ2n) is 8.56. The zero-order valence-corrected chi connectivity index (χ0v) is 17.9. The summed E-state index contributed by atoms with van der Waals surface area (Å²) in [6.45, 7) is 5.26. The first-order chi connectivity index (χ1) is 14.5. The van der Waals surface area contributed by atoms with Crippen LogP contribution in [0.1, 0.15) is 71.2 Å². The van der Waals surface area contributed by atoms with Crippen LogP contribution in [0.5, 0.6) is 0 Å². The molecular weight excluding hydrogens is 376 g/mol. The average Bonchev–Trinajstić information content (AvgIpc) is 3.43. The van der Waals surface area contributed by atoms with Gasteiger partial charge in [-0.3, -0.25) is 9.59 Å². The van der Waals surface area contributed by atoms with Gasteiger partial charge in [0.2, 0.25) is 5.91 Å². The van der Waals surface area contributed by atoms with Gasteiger partial charge in [0, 0.05) is 47.6 Å². The molecule has 1 atom stereocenters. The first kappa shape index (κ1) is 20.5. The predicted octanol–water partition coefficient (Wildman–Crippen LogP) is 3.32. The van der Waals surface area contributed by atoms with Crippen molar-refractivity contribution in [2.75, 3.05) is 13.1 Å². The standard InChI is InChI=1S/C24H30N4O2/c1-16-21(14-22(29)27-20-10-6-7-11-20)17(2)26-23(25-16)19-12-13-28(15-19)24(30)18-8-4-3-5-9-18/h3-5,8-9,19-20H,6-7,10-15H2,1-2H3,(H,27,29). The lowest BCUT2D eigenvalue weighted by Gasteiger charge is -2.18. The summed E-state index contributed by atoms with van der Waals surface area (Å²) in [5.41, 5.74) is 3.37. The van der Waals surface area contributed by atoms with Crippen molar-refractivity contribution in [2.24, 2.45) is 0 Å². The summed E-state index contributed by atoms with van der Waals surface area (Å²) in [5, 5.41) is 3.15. The molecule has 1 aliphatic heterocycles. The molecule has 2 fully saturated rings. The van der Waals surface area contributed by atoms with Gasteiger partial charge in [-0.2, -0.15) is 0 Å². The molecule has 158 valence electrons. The Morgan fingerprint density at radius 1 is 1.03 bits per heavy atom. The van der Waals surface area contributed by atoms with Crippen LogP contribution in [0, 0.1) is 13.8 Å². The lowest BCUT2D eigenvalue weighted by Crippen LogP contribution is -2.34. The molecule has 0 bridgehead atoms. The fourth-order valence-corrected chi connectivity index (χ4v) is 4.63. The molecule has 4 rings (SSSR count). The summed E-state index contributed by atoms with van der Waals surface area (Å²) in [5.74, 6) is 1.04. The zero-order chi connectivity index (χ0) is 21.1. The molecule has 1 aromatic heterocycles. The highest BCUT2D eigenvalue weighted by atomic mass is 16.2. The Bertz CT molecular complexity index is 899. The zero-order valence-electron chi connectivity index (χ0n) is 17.9. The molecule has 0 radical (unpaired) electrons. The number of aromatic nitrogens is 2. The summed E-state index contributed by atoms with van der Waals surface area (Å²) in [4.78, 5) is 36.5. The Labute approximate surface area is 178 Å². The van der Waals surface area contributed by atoms with E-state index in [0.717, 1.165) is 47.6 Å². The molecular formula is C24H30N4O2. The number of nitrogens with one attached hydrogen (secondary N) is 1. The Balaban J connectivity index is 1.41. The number of benzene rings is 1. The Morgan fingerprint density at radius 3 is 2.37 bits per heavy atom. The van der Waals surface area contributed by atoms with Gasteiger partial charge in [0.25, 0.3) is 5.91 Å². The summed E-state index contributed by atoms with van der Waals surface area (Å²) < 4.78 is 0. The maximum Gasteiger partial charge on any atom is 0.253 e. The SMILES string of the molecule is Cc1nc(C2CCN(C(=O)c3ccccc3)C2)nc(C)c1CC(=O)NC1CCCC1. The van der Waals surface area contributed by atoms with Crippen molar-refractivity contribution in [2.45, 2.75) is 64.3 Å². The molecule has 2 heterocycles. The number of hydrogen-bond donors (Lipinski definition) is 1. The van der Waals surface area contributed by atoms with Crippen LogP contribution >= 0.6 is 0 Å². The number of likely N-dealkylation sites (tertiary alicyclic amines) is 1. The van der Waals surface area contributed by atoms with E-state index in [2.05, 4.69) is 5.32 Å². The van der Waals surface area contributed by atoms with Gasteiger partial charge in [0.15, 0.2) is 0 Å². The average molecular weight is 407 g/mol. The number of carbonyl (C=O) groups excluding carboxylic acids is 2. The molecule has 6 heteroatoms. The first-order valence-electron chi connectivity index (χ1n) is 11.0. The minimum atomic E-state index is 0.0601. The second-order valence-corrected chi connectivity index (χ2v) is 8.56.